The minimum absolute atomic E-state index is 0.0816. The van der Waals surface area contributed by atoms with E-state index in [1.54, 1.807) is 11.3 Å². The van der Waals surface area contributed by atoms with Gasteiger partial charge in [0, 0.05) is 30.9 Å². The molecule has 3 heterocycles. The second-order valence-corrected chi connectivity index (χ2v) is 7.09. The zero-order chi connectivity index (χ0) is 17.1. The summed E-state index contributed by atoms with van der Waals surface area (Å²) in [7, 11) is 0. The molecule has 0 bridgehead atoms. The highest BCUT2D eigenvalue weighted by atomic mass is 32.1. The van der Waals surface area contributed by atoms with Crippen molar-refractivity contribution in [1.29, 1.82) is 0 Å². The molecule has 2 N–H and O–H groups in total. The SMILES string of the molecule is CC(C)c1ocnc1C(=O)NC1CCN(Cc2cscn2)CC1O. The minimum Gasteiger partial charge on any atom is -0.447 e. The Kier molecular flexibility index (Phi) is 5.27. The van der Waals surface area contributed by atoms with Gasteiger partial charge in [0.15, 0.2) is 12.1 Å². The summed E-state index contributed by atoms with van der Waals surface area (Å²) < 4.78 is 5.29. The first-order chi connectivity index (χ1) is 11.5. The van der Waals surface area contributed by atoms with E-state index in [2.05, 4.69) is 20.2 Å². The van der Waals surface area contributed by atoms with E-state index in [-0.39, 0.29) is 17.9 Å². The Morgan fingerprint density at radius 3 is 3.04 bits per heavy atom. The highest BCUT2D eigenvalue weighted by Crippen LogP contribution is 2.19. The van der Waals surface area contributed by atoms with Gasteiger partial charge >= 0.3 is 0 Å². The molecule has 0 spiro atoms. The molecule has 0 aliphatic carbocycles. The molecule has 2 atom stereocenters. The molecular formula is C16H22N4O3S. The van der Waals surface area contributed by atoms with Crippen LogP contribution in [0.2, 0.25) is 0 Å². The number of aliphatic hydroxyl groups is 1. The van der Waals surface area contributed by atoms with Gasteiger partial charge in [-0.2, -0.15) is 0 Å². The number of aliphatic hydroxyl groups excluding tert-OH is 1. The zero-order valence-corrected chi connectivity index (χ0v) is 14.6. The van der Waals surface area contributed by atoms with Gasteiger partial charge in [0.05, 0.1) is 23.4 Å². The number of β-amino-alcohol motifs (C(OH)–C–C–N with tert-alkyl or cyclic N) is 1. The number of oxazole rings is 1. The van der Waals surface area contributed by atoms with Crippen LogP contribution in [-0.2, 0) is 6.54 Å². The van der Waals surface area contributed by atoms with Crippen molar-refractivity contribution in [2.75, 3.05) is 13.1 Å². The first-order valence-electron chi connectivity index (χ1n) is 8.06. The summed E-state index contributed by atoms with van der Waals surface area (Å²) in [5, 5.41) is 15.3. The topological polar surface area (TPSA) is 91.5 Å². The van der Waals surface area contributed by atoms with Crippen molar-refractivity contribution >= 4 is 17.2 Å². The van der Waals surface area contributed by atoms with Crippen LogP contribution in [-0.4, -0.2) is 51.1 Å². The van der Waals surface area contributed by atoms with Crippen molar-refractivity contribution in [3.8, 4) is 0 Å². The highest BCUT2D eigenvalue weighted by molar-refractivity contribution is 7.07. The molecule has 2 unspecified atom stereocenters. The zero-order valence-electron chi connectivity index (χ0n) is 13.8. The second-order valence-electron chi connectivity index (χ2n) is 6.37. The van der Waals surface area contributed by atoms with Crippen LogP contribution in [0, 0.1) is 0 Å². The molecule has 2 aromatic heterocycles. The fraction of sp³-hybridized carbons (Fsp3) is 0.562. The fourth-order valence-electron chi connectivity index (χ4n) is 2.93. The summed E-state index contributed by atoms with van der Waals surface area (Å²) in [6.07, 6.45) is 1.36. The molecule has 1 saturated heterocycles. The van der Waals surface area contributed by atoms with Gasteiger partial charge in [0.2, 0.25) is 0 Å². The van der Waals surface area contributed by atoms with Gasteiger partial charge in [-0.3, -0.25) is 9.69 Å². The van der Waals surface area contributed by atoms with Gasteiger partial charge < -0.3 is 14.8 Å². The van der Waals surface area contributed by atoms with Crippen molar-refractivity contribution in [3.63, 3.8) is 0 Å². The predicted octanol–water partition coefficient (Wildman–Crippen LogP) is 1.62. The lowest BCUT2D eigenvalue weighted by molar-refractivity contribution is 0.0344. The van der Waals surface area contributed by atoms with Crippen LogP contribution in [0.5, 0.6) is 0 Å². The summed E-state index contributed by atoms with van der Waals surface area (Å²) in [6.45, 7) is 5.93. The maximum absolute atomic E-state index is 12.4. The van der Waals surface area contributed by atoms with Crippen LogP contribution in [0.15, 0.2) is 21.7 Å². The van der Waals surface area contributed by atoms with Crippen LogP contribution in [0.4, 0.5) is 0 Å². The largest absolute Gasteiger partial charge is 0.447 e. The Bertz CT molecular complexity index is 671. The highest BCUT2D eigenvalue weighted by Gasteiger charge is 2.30. The quantitative estimate of drug-likeness (QED) is 0.851. The summed E-state index contributed by atoms with van der Waals surface area (Å²) >= 11 is 1.57. The van der Waals surface area contributed by atoms with Gasteiger partial charge in [-0.25, -0.2) is 9.97 Å². The van der Waals surface area contributed by atoms with E-state index in [1.807, 2.05) is 24.7 Å². The maximum atomic E-state index is 12.4. The van der Waals surface area contributed by atoms with E-state index in [9.17, 15) is 9.90 Å². The fourth-order valence-corrected chi connectivity index (χ4v) is 3.48. The Morgan fingerprint density at radius 2 is 2.38 bits per heavy atom. The Labute approximate surface area is 144 Å². The normalized spacial score (nSPS) is 22.0. The number of thiazole rings is 1. The lowest BCUT2D eigenvalue weighted by atomic mass is 10.0. The number of carbonyl (C=O) groups is 1. The van der Waals surface area contributed by atoms with Crippen molar-refractivity contribution in [2.45, 2.75) is 44.9 Å². The number of rotatable bonds is 5. The first-order valence-corrected chi connectivity index (χ1v) is 9.00. The average molecular weight is 350 g/mol. The number of hydrogen-bond acceptors (Lipinski definition) is 7. The molecule has 130 valence electrons. The molecule has 7 nitrogen and oxygen atoms in total. The van der Waals surface area contributed by atoms with E-state index in [1.165, 1.54) is 6.39 Å². The van der Waals surface area contributed by atoms with Crippen LogP contribution in [0.1, 0.15) is 48.1 Å². The van der Waals surface area contributed by atoms with Crippen LogP contribution >= 0.6 is 11.3 Å². The lowest BCUT2D eigenvalue weighted by Crippen LogP contribution is -2.53. The van der Waals surface area contributed by atoms with Gasteiger partial charge in [-0.05, 0) is 6.42 Å². The Balaban J connectivity index is 1.56. The molecule has 0 saturated carbocycles. The number of aromatic nitrogens is 2. The summed E-state index contributed by atoms with van der Waals surface area (Å²) in [5.74, 6) is 0.366. The van der Waals surface area contributed by atoms with Crippen molar-refractivity contribution in [1.82, 2.24) is 20.2 Å². The predicted molar refractivity (Wildman–Crippen MR) is 89.9 cm³/mol. The van der Waals surface area contributed by atoms with Crippen LogP contribution in [0.3, 0.4) is 0 Å². The third kappa shape index (κ3) is 3.82. The standard InChI is InChI=1S/C16H22N4O3S/c1-10(2)15-14(17-8-23-15)16(22)19-12-3-4-20(6-13(12)21)5-11-7-24-9-18-11/h7-10,12-13,21H,3-6H2,1-2H3,(H,19,22). The maximum Gasteiger partial charge on any atom is 0.273 e. The second kappa shape index (κ2) is 7.42. The first kappa shape index (κ1) is 17.1. The molecule has 1 fully saturated rings. The van der Waals surface area contributed by atoms with Gasteiger partial charge in [-0.1, -0.05) is 13.8 Å². The Morgan fingerprint density at radius 1 is 1.54 bits per heavy atom. The number of hydrogen-bond donors (Lipinski definition) is 2. The number of nitrogens with zero attached hydrogens (tertiary/aromatic N) is 3. The van der Waals surface area contributed by atoms with Gasteiger partial charge in [-0.15, -0.1) is 11.3 Å². The molecule has 2 aromatic rings. The van der Waals surface area contributed by atoms with Crippen molar-refractivity contribution in [3.05, 3.63) is 34.4 Å². The summed E-state index contributed by atoms with van der Waals surface area (Å²) in [6, 6.07) is -0.277. The lowest BCUT2D eigenvalue weighted by Gasteiger charge is -2.35. The molecule has 0 aromatic carbocycles. The Hall–Kier alpha value is -1.77. The number of carbonyl (C=O) groups excluding carboxylic acids is 1. The number of nitrogens with one attached hydrogen (secondary N) is 1. The van der Waals surface area contributed by atoms with Gasteiger partial charge in [0.25, 0.3) is 5.91 Å². The summed E-state index contributed by atoms with van der Waals surface area (Å²) in [5.41, 5.74) is 3.13. The number of likely N-dealkylation sites (tertiary alicyclic amines) is 1. The molecule has 8 heteroatoms. The van der Waals surface area contributed by atoms with E-state index < -0.39 is 6.10 Å². The number of piperidine rings is 1. The molecule has 1 amide bonds. The number of amides is 1. The molecular weight excluding hydrogens is 328 g/mol. The molecule has 24 heavy (non-hydrogen) atoms. The molecule has 3 rings (SSSR count). The molecule has 0 radical (unpaired) electrons. The van der Waals surface area contributed by atoms with E-state index in [0.29, 0.717) is 24.4 Å². The smallest absolute Gasteiger partial charge is 0.273 e. The van der Waals surface area contributed by atoms with E-state index >= 15 is 0 Å². The van der Waals surface area contributed by atoms with Crippen LogP contribution in [0.25, 0.3) is 0 Å². The van der Waals surface area contributed by atoms with E-state index in [4.69, 9.17) is 4.42 Å². The van der Waals surface area contributed by atoms with Crippen LogP contribution < -0.4 is 5.32 Å². The summed E-state index contributed by atoms with van der Waals surface area (Å²) in [4.78, 5) is 22.9. The minimum atomic E-state index is -0.615. The monoisotopic (exact) mass is 350 g/mol. The van der Waals surface area contributed by atoms with Crippen molar-refractivity contribution < 1.29 is 14.3 Å². The average Bonchev–Trinajstić information content (AvgIpc) is 3.21. The third-order valence-corrected chi connectivity index (χ3v) is 4.82. The molecule has 1 aliphatic heterocycles. The van der Waals surface area contributed by atoms with E-state index in [0.717, 1.165) is 18.8 Å². The third-order valence-electron chi connectivity index (χ3n) is 4.19. The van der Waals surface area contributed by atoms with Crippen molar-refractivity contribution in [2.24, 2.45) is 0 Å². The molecule has 1 aliphatic rings. The van der Waals surface area contributed by atoms with Gasteiger partial charge in [0.1, 0.15) is 5.76 Å².